The number of hydrogen-bond acceptors (Lipinski definition) is 1. The van der Waals surface area contributed by atoms with Gasteiger partial charge in [-0.2, -0.15) is 0 Å². The van der Waals surface area contributed by atoms with E-state index in [1.54, 1.807) is 6.20 Å². The van der Waals surface area contributed by atoms with Crippen molar-refractivity contribution < 1.29 is 0 Å². The van der Waals surface area contributed by atoms with E-state index in [4.69, 9.17) is 0 Å². The lowest BCUT2D eigenvalue weighted by atomic mass is 10.2. The molecule has 0 amide bonds. The molecule has 1 heterocycles. The van der Waals surface area contributed by atoms with E-state index in [0.717, 1.165) is 11.0 Å². The summed E-state index contributed by atoms with van der Waals surface area (Å²) < 4.78 is 0.918. The molecule has 48 valence electrons. The van der Waals surface area contributed by atoms with Crippen LogP contribution in [0.3, 0.4) is 0 Å². The molecule has 0 aromatic rings. The van der Waals surface area contributed by atoms with Crippen molar-refractivity contribution >= 4 is 36.5 Å². The van der Waals surface area contributed by atoms with Crippen LogP contribution in [-0.2, 0) is 0 Å². The number of aliphatic imine (C=N–C) groups is 1. The smallest absolute Gasteiger partial charge is 0.110 e. The third-order valence-corrected chi connectivity index (χ3v) is 2.29. The minimum atomic E-state index is 0.918. The molecule has 0 unspecified atom stereocenters. The van der Waals surface area contributed by atoms with Crippen LogP contribution in [0.15, 0.2) is 27.8 Å². The zero-order valence-electron chi connectivity index (χ0n) is 4.64. The first-order valence-corrected chi connectivity index (χ1v) is 4.23. The van der Waals surface area contributed by atoms with Gasteiger partial charge in [0, 0.05) is 6.20 Å². The van der Waals surface area contributed by atoms with E-state index in [0.29, 0.717) is 0 Å². The predicted molar refractivity (Wildman–Crippen MR) is 47.1 cm³/mol. The molecular formula is C6H5Br2N. The Balaban J connectivity index is 2.83. The largest absolute Gasteiger partial charge is 0.249 e. The van der Waals surface area contributed by atoms with E-state index in [-0.39, 0.29) is 0 Å². The molecule has 0 bridgehead atoms. The van der Waals surface area contributed by atoms with Gasteiger partial charge >= 0.3 is 0 Å². The number of halogens is 2. The molecule has 0 aromatic carbocycles. The summed E-state index contributed by atoms with van der Waals surface area (Å²) in [4.78, 5) is 5.92. The maximum Gasteiger partial charge on any atom is 0.110 e. The molecule has 0 aliphatic carbocycles. The molecule has 1 nitrogen and oxygen atoms in total. The molecule has 0 radical (unpaired) electrons. The Morgan fingerprint density at radius 3 is 2.89 bits per heavy atom. The first-order chi connectivity index (χ1) is 4.34. The lowest BCUT2D eigenvalue weighted by Crippen LogP contribution is -1.93. The molecule has 0 aromatic heterocycles. The molecule has 1 aliphatic rings. The van der Waals surface area contributed by atoms with Crippen LogP contribution in [0.25, 0.3) is 0 Å². The fourth-order valence-electron chi connectivity index (χ4n) is 0.555. The van der Waals surface area contributed by atoms with Crippen LogP contribution in [-0.4, -0.2) is 4.62 Å². The molecule has 0 spiro atoms. The lowest BCUT2D eigenvalue weighted by Gasteiger charge is -2.02. The van der Waals surface area contributed by atoms with Gasteiger partial charge in [-0.1, -0.05) is 22.0 Å². The van der Waals surface area contributed by atoms with Crippen molar-refractivity contribution in [3.8, 4) is 0 Å². The van der Waals surface area contributed by atoms with Gasteiger partial charge in [0.25, 0.3) is 0 Å². The molecule has 0 N–H and O–H groups in total. The molecule has 1 aliphatic heterocycles. The fourth-order valence-corrected chi connectivity index (χ4v) is 1.66. The Kier molecular flexibility index (Phi) is 2.66. The second-order valence-corrected chi connectivity index (χ2v) is 2.85. The summed E-state index contributed by atoms with van der Waals surface area (Å²) in [6, 6.07) is 0. The molecule has 9 heavy (non-hydrogen) atoms. The van der Waals surface area contributed by atoms with Crippen LogP contribution >= 0.6 is 31.9 Å². The highest BCUT2D eigenvalue weighted by molar-refractivity contribution is 9.18. The Labute approximate surface area is 70.8 Å². The van der Waals surface area contributed by atoms with E-state index in [1.165, 1.54) is 5.57 Å². The van der Waals surface area contributed by atoms with E-state index in [9.17, 15) is 0 Å². The topological polar surface area (TPSA) is 12.4 Å². The summed E-state index contributed by atoms with van der Waals surface area (Å²) in [5.74, 6) is 0. The molecule has 1 rings (SSSR count). The molecule has 0 saturated heterocycles. The highest BCUT2D eigenvalue weighted by Gasteiger charge is 2.02. The predicted octanol–water partition coefficient (Wildman–Crippen LogP) is 2.98. The van der Waals surface area contributed by atoms with Crippen molar-refractivity contribution in [1.29, 1.82) is 0 Å². The quantitative estimate of drug-likeness (QED) is 0.627. The van der Waals surface area contributed by atoms with Crippen molar-refractivity contribution in [3.63, 3.8) is 0 Å². The standard InChI is InChI=1S/C6H5Br2N/c7-4-5-2-1-3-9-6(5)8/h1,3-4H,2H2/b5-4-. The van der Waals surface area contributed by atoms with E-state index < -0.39 is 0 Å². The van der Waals surface area contributed by atoms with E-state index in [1.807, 2.05) is 11.1 Å². The minimum absolute atomic E-state index is 0.918. The number of hydrogen-bond donors (Lipinski definition) is 0. The van der Waals surface area contributed by atoms with Crippen LogP contribution in [0.5, 0.6) is 0 Å². The third kappa shape index (κ3) is 1.76. The van der Waals surface area contributed by atoms with E-state index >= 15 is 0 Å². The van der Waals surface area contributed by atoms with Crippen molar-refractivity contribution in [3.05, 3.63) is 22.8 Å². The van der Waals surface area contributed by atoms with Gasteiger partial charge in [-0.25, -0.2) is 4.99 Å². The average Bonchev–Trinajstić information content (AvgIpc) is 1.89. The molecule has 3 heteroatoms. The van der Waals surface area contributed by atoms with Gasteiger partial charge in [-0.05, 0) is 32.9 Å². The van der Waals surface area contributed by atoms with Crippen LogP contribution in [0.4, 0.5) is 0 Å². The van der Waals surface area contributed by atoms with Crippen LogP contribution < -0.4 is 0 Å². The van der Waals surface area contributed by atoms with Gasteiger partial charge < -0.3 is 0 Å². The minimum Gasteiger partial charge on any atom is -0.249 e. The Morgan fingerprint density at radius 2 is 2.44 bits per heavy atom. The highest BCUT2D eigenvalue weighted by Crippen LogP contribution is 2.16. The molecule has 0 saturated carbocycles. The number of allylic oxidation sites excluding steroid dienone is 2. The molecular weight excluding hydrogens is 246 g/mol. The summed E-state index contributed by atoms with van der Waals surface area (Å²) in [5.41, 5.74) is 1.18. The average molecular weight is 251 g/mol. The van der Waals surface area contributed by atoms with Crippen molar-refractivity contribution in [2.75, 3.05) is 0 Å². The maximum atomic E-state index is 4.04. The van der Waals surface area contributed by atoms with Gasteiger partial charge in [0.05, 0.1) is 0 Å². The SMILES string of the molecule is Br/C=C1/CC=CN=C1Br. The summed E-state index contributed by atoms with van der Waals surface area (Å²) in [6.07, 6.45) is 4.76. The van der Waals surface area contributed by atoms with Crippen molar-refractivity contribution in [2.24, 2.45) is 4.99 Å². The fraction of sp³-hybridized carbons (Fsp3) is 0.167. The molecule has 0 atom stereocenters. The zero-order valence-corrected chi connectivity index (χ0v) is 7.81. The summed E-state index contributed by atoms with van der Waals surface area (Å²) in [6.45, 7) is 0. The summed E-state index contributed by atoms with van der Waals surface area (Å²) in [5, 5.41) is 0. The zero-order chi connectivity index (χ0) is 6.69. The Morgan fingerprint density at radius 1 is 1.67 bits per heavy atom. The number of rotatable bonds is 0. The Bertz CT molecular complexity index is 191. The normalized spacial score (nSPS) is 22.4. The first-order valence-electron chi connectivity index (χ1n) is 2.52. The van der Waals surface area contributed by atoms with Gasteiger partial charge in [-0.15, -0.1) is 0 Å². The van der Waals surface area contributed by atoms with Crippen LogP contribution in [0, 0.1) is 0 Å². The van der Waals surface area contributed by atoms with E-state index in [2.05, 4.69) is 36.9 Å². The maximum absolute atomic E-state index is 4.04. The van der Waals surface area contributed by atoms with Crippen LogP contribution in [0.2, 0.25) is 0 Å². The van der Waals surface area contributed by atoms with Gasteiger partial charge in [0.15, 0.2) is 0 Å². The van der Waals surface area contributed by atoms with Gasteiger partial charge in [-0.3, -0.25) is 0 Å². The molecule has 0 fully saturated rings. The monoisotopic (exact) mass is 249 g/mol. The highest BCUT2D eigenvalue weighted by atomic mass is 79.9. The second kappa shape index (κ2) is 3.32. The van der Waals surface area contributed by atoms with Gasteiger partial charge in [0.1, 0.15) is 4.62 Å². The van der Waals surface area contributed by atoms with Gasteiger partial charge in [0.2, 0.25) is 0 Å². The third-order valence-electron chi connectivity index (χ3n) is 1.03. The second-order valence-electron chi connectivity index (χ2n) is 1.64. The lowest BCUT2D eigenvalue weighted by molar-refractivity contribution is 1.28. The van der Waals surface area contributed by atoms with Crippen molar-refractivity contribution in [2.45, 2.75) is 6.42 Å². The Hall–Kier alpha value is 0.110. The number of nitrogens with zero attached hydrogens (tertiary/aromatic N) is 1. The van der Waals surface area contributed by atoms with Crippen molar-refractivity contribution in [1.82, 2.24) is 0 Å². The summed E-state index contributed by atoms with van der Waals surface area (Å²) in [7, 11) is 0. The first kappa shape index (κ1) is 7.22. The summed E-state index contributed by atoms with van der Waals surface area (Å²) >= 11 is 6.56. The van der Waals surface area contributed by atoms with Crippen LogP contribution in [0.1, 0.15) is 6.42 Å².